The van der Waals surface area contributed by atoms with Gasteiger partial charge in [0.25, 0.3) is 0 Å². The molecule has 0 N–H and O–H groups in total. The number of carbonyl (C=O) groups excluding carboxylic acids is 1. The zero-order valence-electron chi connectivity index (χ0n) is 8.93. The highest BCUT2D eigenvalue weighted by Crippen LogP contribution is 2.16. The first-order chi connectivity index (χ1) is 7.70. The molecule has 0 amide bonds. The SMILES string of the molecule is COc1cncc(C(=O)c2csc(C)n2)c1. The van der Waals surface area contributed by atoms with Crippen LogP contribution < -0.4 is 4.74 Å². The summed E-state index contributed by atoms with van der Waals surface area (Å²) in [5, 5.41) is 2.62. The molecule has 2 aromatic heterocycles. The van der Waals surface area contributed by atoms with Crippen molar-refractivity contribution in [2.45, 2.75) is 6.92 Å². The number of carbonyl (C=O) groups is 1. The van der Waals surface area contributed by atoms with E-state index >= 15 is 0 Å². The van der Waals surface area contributed by atoms with Crippen LogP contribution in [0.5, 0.6) is 5.75 Å². The van der Waals surface area contributed by atoms with Crippen LogP contribution in [0.3, 0.4) is 0 Å². The van der Waals surface area contributed by atoms with Gasteiger partial charge in [0, 0.05) is 17.1 Å². The van der Waals surface area contributed by atoms with Gasteiger partial charge < -0.3 is 4.74 Å². The molecule has 0 atom stereocenters. The number of hydrogen-bond acceptors (Lipinski definition) is 5. The Morgan fingerprint density at radius 1 is 1.44 bits per heavy atom. The number of ketones is 1. The van der Waals surface area contributed by atoms with Crippen molar-refractivity contribution in [3.63, 3.8) is 0 Å². The molecular formula is C11H10N2O2S. The van der Waals surface area contributed by atoms with Crippen LogP contribution in [0.2, 0.25) is 0 Å². The summed E-state index contributed by atoms with van der Waals surface area (Å²) in [4.78, 5) is 20.1. The fourth-order valence-electron chi connectivity index (χ4n) is 1.27. The number of methoxy groups -OCH3 is 1. The van der Waals surface area contributed by atoms with Crippen LogP contribution in [0, 0.1) is 6.92 Å². The van der Waals surface area contributed by atoms with Gasteiger partial charge in [-0.1, -0.05) is 0 Å². The third kappa shape index (κ3) is 2.09. The summed E-state index contributed by atoms with van der Waals surface area (Å²) in [7, 11) is 1.54. The first-order valence-electron chi connectivity index (χ1n) is 4.66. The maximum Gasteiger partial charge on any atom is 0.213 e. The van der Waals surface area contributed by atoms with E-state index in [1.165, 1.54) is 24.6 Å². The molecule has 82 valence electrons. The highest BCUT2D eigenvalue weighted by atomic mass is 32.1. The number of nitrogens with zero attached hydrogens (tertiary/aromatic N) is 2. The van der Waals surface area contributed by atoms with Crippen LogP contribution in [0.25, 0.3) is 0 Å². The van der Waals surface area contributed by atoms with Crippen molar-refractivity contribution >= 4 is 17.1 Å². The molecule has 0 aliphatic rings. The predicted molar refractivity (Wildman–Crippen MR) is 61.1 cm³/mol. The summed E-state index contributed by atoms with van der Waals surface area (Å²) in [6.45, 7) is 1.87. The van der Waals surface area contributed by atoms with Gasteiger partial charge in [0.1, 0.15) is 11.4 Å². The van der Waals surface area contributed by atoms with E-state index in [0.29, 0.717) is 17.0 Å². The zero-order valence-corrected chi connectivity index (χ0v) is 9.75. The summed E-state index contributed by atoms with van der Waals surface area (Å²) < 4.78 is 5.01. The Hall–Kier alpha value is -1.75. The van der Waals surface area contributed by atoms with Crippen molar-refractivity contribution in [1.29, 1.82) is 0 Å². The fraction of sp³-hybridized carbons (Fsp3) is 0.182. The summed E-state index contributed by atoms with van der Waals surface area (Å²) in [5.41, 5.74) is 0.946. The molecule has 0 radical (unpaired) electrons. The lowest BCUT2D eigenvalue weighted by Gasteiger charge is -2.00. The average Bonchev–Trinajstić information content (AvgIpc) is 2.75. The Labute approximate surface area is 96.9 Å². The van der Waals surface area contributed by atoms with Crippen LogP contribution in [-0.2, 0) is 0 Å². The molecule has 2 rings (SSSR count). The lowest BCUT2D eigenvalue weighted by atomic mass is 10.1. The van der Waals surface area contributed by atoms with E-state index in [4.69, 9.17) is 4.74 Å². The minimum Gasteiger partial charge on any atom is -0.495 e. The maximum atomic E-state index is 12.0. The number of pyridine rings is 1. The van der Waals surface area contributed by atoms with Crippen LogP contribution in [0.15, 0.2) is 23.8 Å². The van der Waals surface area contributed by atoms with Gasteiger partial charge in [-0.15, -0.1) is 11.3 Å². The van der Waals surface area contributed by atoms with E-state index < -0.39 is 0 Å². The van der Waals surface area contributed by atoms with Gasteiger partial charge in [0.15, 0.2) is 0 Å². The largest absolute Gasteiger partial charge is 0.495 e. The topological polar surface area (TPSA) is 52.1 Å². The highest BCUT2D eigenvalue weighted by molar-refractivity contribution is 7.09. The lowest BCUT2D eigenvalue weighted by molar-refractivity contribution is 0.103. The van der Waals surface area contributed by atoms with Crippen molar-refractivity contribution in [3.8, 4) is 5.75 Å². The van der Waals surface area contributed by atoms with E-state index in [1.54, 1.807) is 17.6 Å². The van der Waals surface area contributed by atoms with E-state index in [9.17, 15) is 4.79 Å². The van der Waals surface area contributed by atoms with E-state index in [-0.39, 0.29) is 5.78 Å². The Bertz CT molecular complexity index is 522. The quantitative estimate of drug-likeness (QED) is 0.763. The molecule has 0 saturated carbocycles. The van der Waals surface area contributed by atoms with Crippen molar-refractivity contribution < 1.29 is 9.53 Å². The van der Waals surface area contributed by atoms with Crippen molar-refractivity contribution in [3.05, 3.63) is 40.1 Å². The smallest absolute Gasteiger partial charge is 0.213 e. The normalized spacial score (nSPS) is 10.1. The third-order valence-electron chi connectivity index (χ3n) is 2.06. The molecule has 0 aliphatic heterocycles. The van der Waals surface area contributed by atoms with Crippen LogP contribution in [0.1, 0.15) is 21.1 Å². The minimum atomic E-state index is -0.129. The molecule has 0 bridgehead atoms. The third-order valence-corrected chi connectivity index (χ3v) is 2.84. The average molecular weight is 234 g/mol. The van der Waals surface area contributed by atoms with Crippen LogP contribution >= 0.6 is 11.3 Å². The molecule has 4 nitrogen and oxygen atoms in total. The predicted octanol–water partition coefficient (Wildman–Crippen LogP) is 2.09. The molecule has 16 heavy (non-hydrogen) atoms. The molecule has 0 fully saturated rings. The second-order valence-corrected chi connectivity index (χ2v) is 4.26. The number of aromatic nitrogens is 2. The number of aryl methyl sites for hydroxylation is 1. The van der Waals surface area contributed by atoms with Crippen molar-refractivity contribution in [1.82, 2.24) is 9.97 Å². The van der Waals surface area contributed by atoms with Gasteiger partial charge in [0.2, 0.25) is 5.78 Å². The van der Waals surface area contributed by atoms with Gasteiger partial charge in [-0.2, -0.15) is 0 Å². The summed E-state index contributed by atoms with van der Waals surface area (Å²) in [5.74, 6) is 0.438. The lowest BCUT2D eigenvalue weighted by Crippen LogP contribution is -2.02. The molecule has 0 spiro atoms. The number of thiazole rings is 1. The first-order valence-corrected chi connectivity index (χ1v) is 5.54. The Balaban J connectivity index is 2.33. The van der Waals surface area contributed by atoms with Gasteiger partial charge in [0.05, 0.1) is 18.3 Å². The standard InChI is InChI=1S/C11H10N2O2S/c1-7-13-10(6-16-7)11(14)8-3-9(15-2)5-12-4-8/h3-6H,1-2H3. The second-order valence-electron chi connectivity index (χ2n) is 3.19. The van der Waals surface area contributed by atoms with Gasteiger partial charge >= 0.3 is 0 Å². The Morgan fingerprint density at radius 3 is 2.88 bits per heavy atom. The van der Waals surface area contributed by atoms with E-state index in [2.05, 4.69) is 9.97 Å². The van der Waals surface area contributed by atoms with Crippen molar-refractivity contribution in [2.24, 2.45) is 0 Å². The highest BCUT2D eigenvalue weighted by Gasteiger charge is 2.13. The maximum absolute atomic E-state index is 12.0. The number of hydrogen-bond donors (Lipinski definition) is 0. The van der Waals surface area contributed by atoms with E-state index in [1.807, 2.05) is 6.92 Å². The Kier molecular flexibility index (Phi) is 2.96. The van der Waals surface area contributed by atoms with Crippen molar-refractivity contribution in [2.75, 3.05) is 7.11 Å². The van der Waals surface area contributed by atoms with Crippen LogP contribution in [-0.4, -0.2) is 22.9 Å². The Morgan fingerprint density at radius 2 is 2.25 bits per heavy atom. The summed E-state index contributed by atoms with van der Waals surface area (Å²) in [6, 6.07) is 1.66. The molecule has 2 heterocycles. The van der Waals surface area contributed by atoms with Gasteiger partial charge in [-0.05, 0) is 13.0 Å². The second kappa shape index (κ2) is 4.40. The first kappa shape index (κ1) is 10.8. The van der Waals surface area contributed by atoms with Crippen LogP contribution in [0.4, 0.5) is 0 Å². The fourth-order valence-corrected chi connectivity index (χ4v) is 1.86. The number of ether oxygens (including phenoxy) is 1. The molecule has 0 saturated heterocycles. The molecule has 2 aromatic rings. The van der Waals surface area contributed by atoms with E-state index in [0.717, 1.165) is 5.01 Å². The van der Waals surface area contributed by atoms with Gasteiger partial charge in [-0.25, -0.2) is 4.98 Å². The minimum absolute atomic E-state index is 0.129. The molecule has 5 heteroatoms. The summed E-state index contributed by atoms with van der Waals surface area (Å²) in [6.07, 6.45) is 3.07. The molecule has 0 unspecified atom stereocenters. The molecule has 0 aliphatic carbocycles. The summed E-state index contributed by atoms with van der Waals surface area (Å²) >= 11 is 1.45. The zero-order chi connectivity index (χ0) is 11.5. The molecule has 0 aromatic carbocycles. The number of rotatable bonds is 3. The molecular weight excluding hydrogens is 224 g/mol. The van der Waals surface area contributed by atoms with Gasteiger partial charge in [-0.3, -0.25) is 9.78 Å². The monoisotopic (exact) mass is 234 g/mol.